The van der Waals surface area contributed by atoms with E-state index in [0.29, 0.717) is 18.3 Å². The van der Waals surface area contributed by atoms with Gasteiger partial charge in [0.2, 0.25) is 0 Å². The third-order valence-electron chi connectivity index (χ3n) is 3.02. The van der Waals surface area contributed by atoms with Crippen LogP contribution in [0.4, 0.5) is 0 Å². The normalized spacial score (nSPS) is 10.7. The first-order valence-electron chi connectivity index (χ1n) is 7.04. The van der Waals surface area contributed by atoms with E-state index >= 15 is 0 Å². The summed E-state index contributed by atoms with van der Waals surface area (Å²) in [6, 6.07) is 3.77. The highest BCUT2D eigenvalue weighted by atomic mass is 35.5. The third kappa shape index (κ3) is 5.04. The summed E-state index contributed by atoms with van der Waals surface area (Å²) < 4.78 is 10.6. The van der Waals surface area contributed by atoms with E-state index < -0.39 is 0 Å². The van der Waals surface area contributed by atoms with Gasteiger partial charge in [-0.15, -0.1) is 0 Å². The number of carbonyl (C=O) groups excluding carboxylic acids is 1. The Bertz CT molecular complexity index is 455. The van der Waals surface area contributed by atoms with Crippen LogP contribution in [0.3, 0.4) is 0 Å². The second kappa shape index (κ2) is 8.15. The number of rotatable bonds is 7. The van der Waals surface area contributed by atoms with Crippen molar-refractivity contribution in [2.45, 2.75) is 46.5 Å². The highest BCUT2D eigenvalue weighted by molar-refractivity contribution is 6.31. The van der Waals surface area contributed by atoms with E-state index in [1.165, 1.54) is 0 Å². The first kappa shape index (κ1) is 16.8. The van der Waals surface area contributed by atoms with Gasteiger partial charge in [-0.25, -0.2) is 4.79 Å². The zero-order chi connectivity index (χ0) is 15.1. The van der Waals surface area contributed by atoms with E-state index in [2.05, 4.69) is 20.8 Å². The van der Waals surface area contributed by atoms with Gasteiger partial charge in [0.05, 0.1) is 6.61 Å². The van der Waals surface area contributed by atoms with Crippen LogP contribution in [0.5, 0.6) is 5.75 Å². The number of hydrogen-bond acceptors (Lipinski definition) is 3. The number of benzene rings is 1. The van der Waals surface area contributed by atoms with Gasteiger partial charge in [-0.05, 0) is 42.5 Å². The number of halogens is 1. The molecule has 0 heterocycles. The average molecular weight is 299 g/mol. The quantitative estimate of drug-likeness (QED) is 0.549. The molecule has 0 aromatic heterocycles. The molecule has 0 saturated heterocycles. The van der Waals surface area contributed by atoms with Crippen molar-refractivity contribution in [1.82, 2.24) is 0 Å². The monoisotopic (exact) mass is 298 g/mol. The fourth-order valence-electron chi connectivity index (χ4n) is 1.78. The Labute approximate surface area is 126 Å². The summed E-state index contributed by atoms with van der Waals surface area (Å²) in [6.07, 6.45) is 1.88. The van der Waals surface area contributed by atoms with Crippen LogP contribution in [-0.4, -0.2) is 19.2 Å². The van der Waals surface area contributed by atoms with Crippen LogP contribution in [0.15, 0.2) is 12.1 Å². The fraction of sp³-hybridized carbons (Fsp3) is 0.562. The van der Waals surface area contributed by atoms with E-state index in [4.69, 9.17) is 21.1 Å². The minimum Gasteiger partial charge on any atom is -0.482 e. The lowest BCUT2D eigenvalue weighted by Gasteiger charge is -2.14. The fourth-order valence-corrected chi connectivity index (χ4v) is 2.21. The highest BCUT2D eigenvalue weighted by Crippen LogP contribution is 2.31. The summed E-state index contributed by atoms with van der Waals surface area (Å²) in [5, 5.41) is 0.732. The zero-order valence-corrected chi connectivity index (χ0v) is 13.4. The average Bonchev–Trinajstić information content (AvgIpc) is 2.37. The lowest BCUT2D eigenvalue weighted by atomic mass is 10.0. The molecule has 0 radical (unpaired) electrons. The van der Waals surface area contributed by atoms with Crippen molar-refractivity contribution in [2.24, 2.45) is 0 Å². The molecule has 3 nitrogen and oxygen atoms in total. The number of unbranched alkanes of at least 4 members (excludes halogenated alkanes) is 1. The molecule has 112 valence electrons. The number of carbonyl (C=O) groups is 1. The lowest BCUT2D eigenvalue weighted by Crippen LogP contribution is -2.16. The van der Waals surface area contributed by atoms with Crippen molar-refractivity contribution in [3.63, 3.8) is 0 Å². The van der Waals surface area contributed by atoms with Crippen molar-refractivity contribution in [2.75, 3.05) is 13.2 Å². The van der Waals surface area contributed by atoms with Crippen LogP contribution in [0.25, 0.3) is 0 Å². The zero-order valence-electron chi connectivity index (χ0n) is 12.7. The summed E-state index contributed by atoms with van der Waals surface area (Å²) in [4.78, 5) is 11.5. The van der Waals surface area contributed by atoms with Crippen LogP contribution in [0.1, 0.15) is 50.7 Å². The predicted molar refractivity (Wildman–Crippen MR) is 81.6 cm³/mol. The van der Waals surface area contributed by atoms with Crippen molar-refractivity contribution < 1.29 is 14.3 Å². The molecule has 0 aliphatic heterocycles. The van der Waals surface area contributed by atoms with Crippen molar-refractivity contribution >= 4 is 17.6 Å². The molecule has 0 aliphatic rings. The summed E-state index contributed by atoms with van der Waals surface area (Å²) in [7, 11) is 0. The van der Waals surface area contributed by atoms with Crippen LogP contribution < -0.4 is 4.74 Å². The summed E-state index contributed by atoms with van der Waals surface area (Å²) >= 11 is 6.20. The number of hydrogen-bond donors (Lipinski definition) is 0. The molecule has 1 aromatic carbocycles. The van der Waals surface area contributed by atoms with Gasteiger partial charge >= 0.3 is 5.97 Å². The van der Waals surface area contributed by atoms with E-state index in [9.17, 15) is 4.79 Å². The molecule has 0 spiro atoms. The summed E-state index contributed by atoms with van der Waals surface area (Å²) in [5.74, 6) is 0.659. The molecule has 0 fully saturated rings. The van der Waals surface area contributed by atoms with Gasteiger partial charge < -0.3 is 9.47 Å². The molecule has 1 aromatic rings. The van der Waals surface area contributed by atoms with Gasteiger partial charge in [-0.2, -0.15) is 0 Å². The Morgan fingerprint density at radius 1 is 1.35 bits per heavy atom. The SMILES string of the molecule is CCCCOC(=O)COc1cc(C(C)C)c(Cl)cc1C. The first-order chi connectivity index (χ1) is 9.45. The molecular formula is C16H23ClO3. The number of esters is 1. The summed E-state index contributed by atoms with van der Waals surface area (Å²) in [6.45, 7) is 8.49. The molecule has 0 saturated carbocycles. The topological polar surface area (TPSA) is 35.5 Å². The molecule has 0 N–H and O–H groups in total. The molecule has 0 aliphatic carbocycles. The molecule has 0 unspecified atom stereocenters. The van der Waals surface area contributed by atoms with Crippen LogP contribution in [0.2, 0.25) is 5.02 Å². The Balaban J connectivity index is 2.63. The van der Waals surface area contributed by atoms with E-state index in [1.807, 2.05) is 19.1 Å². The van der Waals surface area contributed by atoms with Gasteiger partial charge in [0, 0.05) is 5.02 Å². The molecule has 20 heavy (non-hydrogen) atoms. The van der Waals surface area contributed by atoms with Gasteiger partial charge in [0.25, 0.3) is 0 Å². The largest absolute Gasteiger partial charge is 0.482 e. The molecular weight excluding hydrogens is 276 g/mol. The maximum absolute atomic E-state index is 11.5. The van der Waals surface area contributed by atoms with Crippen molar-refractivity contribution in [3.8, 4) is 5.75 Å². The third-order valence-corrected chi connectivity index (χ3v) is 3.35. The Hall–Kier alpha value is -1.22. The summed E-state index contributed by atoms with van der Waals surface area (Å²) in [5.41, 5.74) is 1.94. The van der Waals surface area contributed by atoms with Crippen molar-refractivity contribution in [3.05, 3.63) is 28.3 Å². The molecule has 0 atom stereocenters. The standard InChI is InChI=1S/C16H23ClO3/c1-5-6-7-19-16(18)10-20-15-9-13(11(2)3)14(17)8-12(15)4/h8-9,11H,5-7,10H2,1-4H3. The maximum Gasteiger partial charge on any atom is 0.344 e. The second-order valence-corrected chi connectivity index (χ2v) is 5.56. The van der Waals surface area contributed by atoms with Crippen LogP contribution in [0, 0.1) is 6.92 Å². The van der Waals surface area contributed by atoms with E-state index in [-0.39, 0.29) is 12.6 Å². The minimum absolute atomic E-state index is 0.0658. The van der Waals surface area contributed by atoms with Gasteiger partial charge in [-0.1, -0.05) is 38.8 Å². The Morgan fingerprint density at radius 3 is 2.65 bits per heavy atom. The molecule has 1 rings (SSSR count). The first-order valence-corrected chi connectivity index (χ1v) is 7.42. The van der Waals surface area contributed by atoms with E-state index in [1.54, 1.807) is 0 Å². The van der Waals surface area contributed by atoms with Gasteiger partial charge in [0.15, 0.2) is 6.61 Å². The predicted octanol–water partition coefficient (Wildman–Crippen LogP) is 4.49. The smallest absolute Gasteiger partial charge is 0.344 e. The minimum atomic E-state index is -0.334. The molecule has 0 amide bonds. The van der Waals surface area contributed by atoms with Crippen LogP contribution >= 0.6 is 11.6 Å². The molecule has 4 heteroatoms. The van der Waals surface area contributed by atoms with Gasteiger partial charge in [0.1, 0.15) is 5.75 Å². The van der Waals surface area contributed by atoms with E-state index in [0.717, 1.165) is 29.0 Å². The maximum atomic E-state index is 11.5. The number of ether oxygens (including phenoxy) is 2. The van der Waals surface area contributed by atoms with Gasteiger partial charge in [-0.3, -0.25) is 0 Å². The van der Waals surface area contributed by atoms with Crippen LogP contribution in [-0.2, 0) is 9.53 Å². The van der Waals surface area contributed by atoms with Crippen molar-refractivity contribution in [1.29, 1.82) is 0 Å². The second-order valence-electron chi connectivity index (χ2n) is 5.16. The Morgan fingerprint density at radius 2 is 2.05 bits per heavy atom. The highest BCUT2D eigenvalue weighted by Gasteiger charge is 2.11. The lowest BCUT2D eigenvalue weighted by molar-refractivity contribution is -0.146. The molecule has 0 bridgehead atoms. The number of aryl methyl sites for hydroxylation is 1. The Kier molecular flexibility index (Phi) is 6.86.